The number of nitrogens with zero attached hydrogens (tertiary/aromatic N) is 3. The van der Waals surface area contributed by atoms with E-state index in [1.54, 1.807) is 49.6 Å². The van der Waals surface area contributed by atoms with E-state index in [2.05, 4.69) is 24.0 Å². The lowest BCUT2D eigenvalue weighted by Crippen LogP contribution is -2.29. The molecule has 1 aliphatic rings. The van der Waals surface area contributed by atoms with E-state index in [4.69, 9.17) is 14.2 Å². The first-order valence-corrected chi connectivity index (χ1v) is 18.1. The molecule has 3 aromatic carbocycles. The molecule has 0 spiro atoms. The highest BCUT2D eigenvalue weighted by Gasteiger charge is 2.48. The van der Waals surface area contributed by atoms with Crippen molar-refractivity contribution in [2.45, 2.75) is 68.5 Å². The van der Waals surface area contributed by atoms with Crippen molar-refractivity contribution in [3.05, 3.63) is 95.1 Å². The molecule has 1 fully saturated rings. The third-order valence-corrected chi connectivity index (χ3v) is 10.0. The first kappa shape index (κ1) is 35.0. The average molecular weight is 688 g/mol. The van der Waals surface area contributed by atoms with Gasteiger partial charge in [-0.05, 0) is 60.4 Å². The SMILES string of the molecule is CCCCCCOc1ccc(C2C(=C(O)c3ccc(OCCCC)cc3)C(=O)C(=O)N2c2nnc(SCc3ccccc3)s2)cc1OC. The standard InChI is InChI=1S/C37H41N3O6S2/c1-4-6-8-12-22-46-29-20-17-27(23-30(29)44-3)32-31(33(41)26-15-18-28(19-16-26)45-21-7-5-2)34(42)35(43)40(32)36-38-39-37(48-36)47-24-25-13-10-9-11-14-25/h9-11,13-20,23,32,41H,4-8,12,21-22,24H2,1-3H3. The summed E-state index contributed by atoms with van der Waals surface area (Å²) in [5.41, 5.74) is 2.01. The number of ether oxygens (including phenoxy) is 3. The monoisotopic (exact) mass is 687 g/mol. The molecule has 2 heterocycles. The summed E-state index contributed by atoms with van der Waals surface area (Å²) < 4.78 is 18.2. The molecular weight excluding hydrogens is 647 g/mol. The van der Waals surface area contributed by atoms with E-state index in [0.29, 0.717) is 51.7 Å². The first-order valence-electron chi connectivity index (χ1n) is 16.3. The van der Waals surface area contributed by atoms with E-state index in [0.717, 1.165) is 44.1 Å². The van der Waals surface area contributed by atoms with Crippen LogP contribution in [-0.2, 0) is 15.3 Å². The van der Waals surface area contributed by atoms with Crippen molar-refractivity contribution in [3.63, 3.8) is 0 Å². The number of aromatic nitrogens is 2. The minimum absolute atomic E-state index is 0.0522. The lowest BCUT2D eigenvalue weighted by molar-refractivity contribution is -0.132. The summed E-state index contributed by atoms with van der Waals surface area (Å²) >= 11 is 2.72. The zero-order chi connectivity index (χ0) is 33.9. The predicted octanol–water partition coefficient (Wildman–Crippen LogP) is 8.60. The van der Waals surface area contributed by atoms with Gasteiger partial charge in [0.15, 0.2) is 15.8 Å². The van der Waals surface area contributed by atoms with Crippen LogP contribution in [-0.4, -0.2) is 47.3 Å². The van der Waals surface area contributed by atoms with Crippen LogP contribution < -0.4 is 19.1 Å². The van der Waals surface area contributed by atoms with E-state index >= 15 is 0 Å². The summed E-state index contributed by atoms with van der Waals surface area (Å²) in [6, 6.07) is 21.1. The number of anilines is 1. The van der Waals surface area contributed by atoms with Crippen LogP contribution in [0.3, 0.4) is 0 Å². The zero-order valence-electron chi connectivity index (χ0n) is 27.5. The zero-order valence-corrected chi connectivity index (χ0v) is 29.1. The van der Waals surface area contributed by atoms with Crippen molar-refractivity contribution in [2.75, 3.05) is 25.2 Å². The number of aliphatic hydroxyl groups excluding tert-OH is 1. The third-order valence-electron chi connectivity index (χ3n) is 7.90. The molecule has 1 saturated heterocycles. The molecule has 4 aromatic rings. The molecule has 48 heavy (non-hydrogen) atoms. The summed E-state index contributed by atoms with van der Waals surface area (Å²) in [5.74, 6) is 0.437. The molecule has 1 unspecified atom stereocenters. The predicted molar refractivity (Wildman–Crippen MR) is 190 cm³/mol. The van der Waals surface area contributed by atoms with Gasteiger partial charge in [-0.3, -0.25) is 14.5 Å². The number of methoxy groups -OCH3 is 1. The molecule has 1 amide bonds. The summed E-state index contributed by atoms with van der Waals surface area (Å²) in [7, 11) is 1.55. The average Bonchev–Trinajstić information content (AvgIpc) is 3.69. The van der Waals surface area contributed by atoms with E-state index in [1.807, 2.05) is 30.3 Å². The van der Waals surface area contributed by atoms with Crippen molar-refractivity contribution in [2.24, 2.45) is 0 Å². The maximum atomic E-state index is 13.8. The van der Waals surface area contributed by atoms with Crippen molar-refractivity contribution in [1.29, 1.82) is 0 Å². The number of amides is 1. The number of hydrogen-bond donors (Lipinski definition) is 1. The van der Waals surface area contributed by atoms with Crippen molar-refractivity contribution in [3.8, 4) is 17.2 Å². The molecule has 5 rings (SSSR count). The maximum absolute atomic E-state index is 13.8. The van der Waals surface area contributed by atoms with Crippen LogP contribution >= 0.6 is 23.1 Å². The number of unbranched alkanes of at least 4 members (excludes halogenated alkanes) is 4. The van der Waals surface area contributed by atoms with E-state index in [1.165, 1.54) is 28.0 Å². The Balaban J connectivity index is 1.50. The highest BCUT2D eigenvalue weighted by molar-refractivity contribution is 8.00. The Labute approximate surface area is 290 Å². The lowest BCUT2D eigenvalue weighted by Gasteiger charge is -2.23. The van der Waals surface area contributed by atoms with Crippen LogP contribution in [0.25, 0.3) is 5.76 Å². The minimum Gasteiger partial charge on any atom is -0.507 e. The van der Waals surface area contributed by atoms with Gasteiger partial charge in [0.1, 0.15) is 11.5 Å². The van der Waals surface area contributed by atoms with Gasteiger partial charge in [0.05, 0.1) is 31.9 Å². The van der Waals surface area contributed by atoms with Gasteiger partial charge in [0.25, 0.3) is 5.78 Å². The number of benzene rings is 3. The van der Waals surface area contributed by atoms with Crippen LogP contribution in [0, 0.1) is 0 Å². The molecule has 0 bridgehead atoms. The van der Waals surface area contributed by atoms with Crippen LogP contribution in [0.4, 0.5) is 5.13 Å². The van der Waals surface area contributed by atoms with E-state index in [-0.39, 0.29) is 16.5 Å². The van der Waals surface area contributed by atoms with Gasteiger partial charge in [-0.15, -0.1) is 10.2 Å². The van der Waals surface area contributed by atoms with Gasteiger partial charge in [0, 0.05) is 11.3 Å². The number of thioether (sulfide) groups is 1. The molecule has 11 heteroatoms. The third kappa shape index (κ3) is 8.38. The molecular formula is C37H41N3O6S2. The molecule has 0 saturated carbocycles. The number of hydrogen-bond acceptors (Lipinski definition) is 10. The molecule has 1 aliphatic heterocycles. The molecule has 0 aliphatic carbocycles. The fraction of sp³-hybridized carbons (Fsp3) is 0.351. The van der Waals surface area contributed by atoms with Crippen LogP contribution in [0.5, 0.6) is 17.2 Å². The van der Waals surface area contributed by atoms with Gasteiger partial charge in [-0.2, -0.15) is 0 Å². The van der Waals surface area contributed by atoms with Crippen molar-refractivity contribution in [1.82, 2.24) is 10.2 Å². The fourth-order valence-corrected chi connectivity index (χ4v) is 7.13. The van der Waals surface area contributed by atoms with Crippen molar-refractivity contribution < 1.29 is 28.9 Å². The Morgan fingerprint density at radius 2 is 1.62 bits per heavy atom. The number of ketones is 1. The van der Waals surface area contributed by atoms with Gasteiger partial charge >= 0.3 is 5.91 Å². The van der Waals surface area contributed by atoms with Crippen LogP contribution in [0.15, 0.2) is 82.7 Å². The van der Waals surface area contributed by atoms with Crippen LogP contribution in [0.2, 0.25) is 0 Å². The Hall–Kier alpha value is -4.35. The second-order valence-corrected chi connectivity index (χ2v) is 13.5. The Morgan fingerprint density at radius 1 is 0.875 bits per heavy atom. The summed E-state index contributed by atoms with van der Waals surface area (Å²) in [4.78, 5) is 28.8. The normalized spacial score (nSPS) is 15.6. The van der Waals surface area contributed by atoms with Gasteiger partial charge < -0.3 is 19.3 Å². The van der Waals surface area contributed by atoms with E-state index in [9.17, 15) is 14.7 Å². The molecule has 9 nitrogen and oxygen atoms in total. The molecule has 1 aromatic heterocycles. The van der Waals surface area contributed by atoms with E-state index < -0.39 is 17.7 Å². The van der Waals surface area contributed by atoms with Gasteiger partial charge in [-0.1, -0.05) is 99.0 Å². The number of rotatable bonds is 17. The number of Topliss-reactive ketones (excluding diaryl/α,β-unsaturated/α-hetero) is 1. The maximum Gasteiger partial charge on any atom is 0.301 e. The first-order chi connectivity index (χ1) is 23.4. The summed E-state index contributed by atoms with van der Waals surface area (Å²) in [6.07, 6.45) is 6.21. The summed E-state index contributed by atoms with van der Waals surface area (Å²) in [5, 5.41) is 20.6. The number of carbonyl (C=O) groups is 2. The number of aliphatic hydroxyl groups is 1. The second kappa shape index (κ2) is 17.2. The van der Waals surface area contributed by atoms with Crippen molar-refractivity contribution >= 4 is 45.7 Å². The highest BCUT2D eigenvalue weighted by Crippen LogP contribution is 2.45. The lowest BCUT2D eigenvalue weighted by atomic mass is 9.95. The van der Waals surface area contributed by atoms with Gasteiger partial charge in [-0.25, -0.2) is 0 Å². The largest absolute Gasteiger partial charge is 0.507 e. The van der Waals surface area contributed by atoms with Gasteiger partial charge in [0.2, 0.25) is 5.13 Å². The fourth-order valence-electron chi connectivity index (χ4n) is 5.31. The molecule has 0 radical (unpaired) electrons. The number of carbonyl (C=O) groups excluding carboxylic acids is 2. The topological polar surface area (TPSA) is 111 Å². The quantitative estimate of drug-likeness (QED) is 0.0291. The Kier molecular flexibility index (Phi) is 12.5. The highest BCUT2D eigenvalue weighted by atomic mass is 32.2. The molecule has 252 valence electrons. The molecule has 1 atom stereocenters. The smallest absolute Gasteiger partial charge is 0.301 e. The second-order valence-electron chi connectivity index (χ2n) is 11.3. The molecule has 1 N–H and O–H groups in total. The van der Waals surface area contributed by atoms with Crippen LogP contribution in [0.1, 0.15) is 75.1 Å². The Morgan fingerprint density at radius 3 is 2.35 bits per heavy atom. The minimum atomic E-state index is -0.988. The Bertz CT molecular complexity index is 1710. The summed E-state index contributed by atoms with van der Waals surface area (Å²) in [6.45, 7) is 5.38.